The van der Waals surface area contributed by atoms with E-state index < -0.39 is 0 Å². The van der Waals surface area contributed by atoms with Crippen LogP contribution in [0.3, 0.4) is 0 Å². The molecule has 0 spiro atoms. The number of aromatic nitrogens is 4. The van der Waals surface area contributed by atoms with Gasteiger partial charge in [0.25, 0.3) is 0 Å². The molecule has 2 aliphatic rings. The molecule has 0 unspecified atom stereocenters. The molecule has 0 radical (unpaired) electrons. The van der Waals surface area contributed by atoms with Gasteiger partial charge in [0.2, 0.25) is 0 Å². The van der Waals surface area contributed by atoms with E-state index >= 15 is 0 Å². The Morgan fingerprint density at radius 2 is 2.00 bits per heavy atom. The van der Waals surface area contributed by atoms with Crippen LogP contribution in [0.5, 0.6) is 0 Å². The minimum Gasteiger partial charge on any atom is -0.353 e. The van der Waals surface area contributed by atoms with Crippen molar-refractivity contribution in [2.45, 2.75) is 24.8 Å². The maximum atomic E-state index is 4.36. The topological polar surface area (TPSA) is 58.0 Å². The van der Waals surface area contributed by atoms with Crippen LogP contribution in [-0.4, -0.2) is 46.3 Å². The Morgan fingerprint density at radius 1 is 1.14 bits per heavy atom. The monoisotopic (exact) mass is 282 g/mol. The lowest BCUT2D eigenvalue weighted by molar-refractivity contribution is 0.487. The van der Waals surface area contributed by atoms with Gasteiger partial charge in [-0.1, -0.05) is 0 Å². The molecule has 108 valence electrons. The second-order valence-electron chi connectivity index (χ2n) is 5.83. The molecule has 3 heterocycles. The van der Waals surface area contributed by atoms with E-state index in [0.717, 1.165) is 30.4 Å². The number of likely N-dealkylation sites (N-methyl/N-ethyl adjacent to an activating group) is 1. The summed E-state index contributed by atoms with van der Waals surface area (Å²) in [5, 5.41) is 8.71. The summed E-state index contributed by atoms with van der Waals surface area (Å²) in [5.41, 5.74) is 1.15. The van der Waals surface area contributed by atoms with Gasteiger partial charge in [0.1, 0.15) is 12.1 Å². The third-order valence-corrected chi connectivity index (χ3v) is 4.33. The van der Waals surface area contributed by atoms with Crippen molar-refractivity contribution >= 4 is 11.6 Å². The van der Waals surface area contributed by atoms with Gasteiger partial charge in [-0.3, -0.25) is 0 Å². The Kier molecular flexibility index (Phi) is 2.94. The summed E-state index contributed by atoms with van der Waals surface area (Å²) >= 11 is 0. The van der Waals surface area contributed by atoms with Crippen LogP contribution in [0.2, 0.25) is 0 Å². The molecule has 1 aliphatic carbocycles. The van der Waals surface area contributed by atoms with Crippen molar-refractivity contribution in [1.29, 1.82) is 0 Å². The average Bonchev–Trinajstić information content (AvgIpc) is 3.32. The van der Waals surface area contributed by atoms with E-state index in [-0.39, 0.29) is 0 Å². The number of nitrogens with zero attached hydrogens (tertiary/aromatic N) is 6. The van der Waals surface area contributed by atoms with Crippen LogP contribution >= 0.6 is 0 Å². The standard InChI is InChI=1S/C15H18N6/c1-20(14-6-7-16-10-17-14)12-8-21(9-12)15-5-4-13(18-19-15)11-2-3-11/h4-7,10-12H,2-3,8-9H2,1H3. The quantitative estimate of drug-likeness (QED) is 0.846. The molecule has 1 saturated heterocycles. The maximum absolute atomic E-state index is 4.36. The highest BCUT2D eigenvalue weighted by atomic mass is 15.4. The Morgan fingerprint density at radius 3 is 2.62 bits per heavy atom. The molecule has 2 fully saturated rings. The fraction of sp³-hybridized carbons (Fsp3) is 0.467. The van der Waals surface area contributed by atoms with Gasteiger partial charge in [-0.2, -0.15) is 5.10 Å². The van der Waals surface area contributed by atoms with Crippen molar-refractivity contribution in [3.63, 3.8) is 0 Å². The lowest BCUT2D eigenvalue weighted by Crippen LogP contribution is -2.59. The van der Waals surface area contributed by atoms with Gasteiger partial charge in [-0.25, -0.2) is 9.97 Å². The molecule has 0 aromatic carbocycles. The smallest absolute Gasteiger partial charge is 0.151 e. The van der Waals surface area contributed by atoms with E-state index in [4.69, 9.17) is 0 Å². The second-order valence-corrected chi connectivity index (χ2v) is 5.83. The zero-order valence-corrected chi connectivity index (χ0v) is 12.1. The van der Waals surface area contributed by atoms with E-state index in [9.17, 15) is 0 Å². The van der Waals surface area contributed by atoms with Crippen molar-refractivity contribution in [2.24, 2.45) is 0 Å². The number of anilines is 2. The minimum absolute atomic E-state index is 0.463. The maximum Gasteiger partial charge on any atom is 0.151 e. The molecule has 0 N–H and O–H groups in total. The number of hydrogen-bond acceptors (Lipinski definition) is 6. The zero-order valence-electron chi connectivity index (χ0n) is 12.1. The van der Waals surface area contributed by atoms with Crippen molar-refractivity contribution in [3.05, 3.63) is 36.4 Å². The summed E-state index contributed by atoms with van der Waals surface area (Å²) in [5.74, 6) is 2.61. The van der Waals surface area contributed by atoms with Gasteiger partial charge in [0.05, 0.1) is 11.7 Å². The van der Waals surface area contributed by atoms with E-state index in [1.54, 1.807) is 12.5 Å². The van der Waals surface area contributed by atoms with Crippen LogP contribution < -0.4 is 9.80 Å². The van der Waals surface area contributed by atoms with Gasteiger partial charge in [0.15, 0.2) is 5.82 Å². The molecule has 4 rings (SSSR count). The van der Waals surface area contributed by atoms with E-state index in [0.29, 0.717) is 12.0 Å². The highest BCUT2D eigenvalue weighted by Gasteiger charge is 2.32. The molecule has 6 nitrogen and oxygen atoms in total. The third-order valence-electron chi connectivity index (χ3n) is 4.33. The van der Waals surface area contributed by atoms with Gasteiger partial charge in [-0.15, -0.1) is 5.10 Å². The zero-order chi connectivity index (χ0) is 14.2. The fourth-order valence-electron chi connectivity index (χ4n) is 2.67. The SMILES string of the molecule is CN(c1ccncn1)C1CN(c2ccc(C3CC3)nn2)C1. The Bertz CT molecular complexity index is 604. The molecule has 6 heteroatoms. The molecular weight excluding hydrogens is 264 g/mol. The van der Waals surface area contributed by atoms with Crippen LogP contribution in [-0.2, 0) is 0 Å². The first-order chi connectivity index (χ1) is 10.3. The Labute approximate surface area is 123 Å². The molecule has 0 bridgehead atoms. The molecule has 2 aromatic heterocycles. The summed E-state index contributed by atoms with van der Waals surface area (Å²) in [6.07, 6.45) is 5.90. The van der Waals surface area contributed by atoms with Crippen LogP contribution in [0.15, 0.2) is 30.7 Å². The molecule has 21 heavy (non-hydrogen) atoms. The second kappa shape index (κ2) is 4.95. The predicted octanol–water partition coefficient (Wildman–Crippen LogP) is 1.47. The van der Waals surface area contributed by atoms with Crippen LogP contribution in [0, 0.1) is 0 Å². The van der Waals surface area contributed by atoms with E-state index in [2.05, 4.69) is 49.1 Å². The van der Waals surface area contributed by atoms with Gasteiger partial charge >= 0.3 is 0 Å². The number of rotatable bonds is 4. The summed E-state index contributed by atoms with van der Waals surface area (Å²) in [7, 11) is 2.08. The van der Waals surface area contributed by atoms with E-state index in [1.165, 1.54) is 12.8 Å². The normalized spacial score (nSPS) is 18.4. The van der Waals surface area contributed by atoms with Gasteiger partial charge < -0.3 is 9.80 Å². The van der Waals surface area contributed by atoms with Crippen molar-refractivity contribution in [3.8, 4) is 0 Å². The molecular formula is C15H18N6. The van der Waals surface area contributed by atoms with Crippen molar-refractivity contribution in [1.82, 2.24) is 20.2 Å². The molecule has 0 atom stereocenters. The number of hydrogen-bond donors (Lipinski definition) is 0. The molecule has 2 aromatic rings. The Hall–Kier alpha value is -2.24. The summed E-state index contributed by atoms with van der Waals surface area (Å²) < 4.78 is 0. The average molecular weight is 282 g/mol. The first-order valence-corrected chi connectivity index (χ1v) is 7.38. The summed E-state index contributed by atoms with van der Waals surface area (Å²) in [4.78, 5) is 12.7. The van der Waals surface area contributed by atoms with E-state index in [1.807, 2.05) is 6.07 Å². The van der Waals surface area contributed by atoms with Gasteiger partial charge in [-0.05, 0) is 31.0 Å². The minimum atomic E-state index is 0.463. The molecule has 1 aliphatic heterocycles. The largest absolute Gasteiger partial charge is 0.353 e. The van der Waals surface area contributed by atoms with Crippen molar-refractivity contribution in [2.75, 3.05) is 29.9 Å². The van der Waals surface area contributed by atoms with Gasteiger partial charge in [0, 0.05) is 32.3 Å². The lowest BCUT2D eigenvalue weighted by atomic mass is 10.1. The first-order valence-electron chi connectivity index (χ1n) is 7.38. The van der Waals surface area contributed by atoms with Crippen LogP contribution in [0.4, 0.5) is 11.6 Å². The first kappa shape index (κ1) is 12.5. The van der Waals surface area contributed by atoms with Crippen molar-refractivity contribution < 1.29 is 0 Å². The van der Waals surface area contributed by atoms with Crippen LogP contribution in [0.25, 0.3) is 0 Å². The molecule has 1 saturated carbocycles. The predicted molar refractivity (Wildman–Crippen MR) is 80.4 cm³/mol. The highest BCUT2D eigenvalue weighted by Crippen LogP contribution is 2.38. The third kappa shape index (κ3) is 2.41. The van der Waals surface area contributed by atoms with Crippen LogP contribution in [0.1, 0.15) is 24.5 Å². The highest BCUT2D eigenvalue weighted by molar-refractivity contribution is 5.47. The fourth-order valence-corrected chi connectivity index (χ4v) is 2.67. The lowest BCUT2D eigenvalue weighted by Gasteiger charge is -2.44. The summed E-state index contributed by atoms with van der Waals surface area (Å²) in [6, 6.07) is 6.63. The Balaban J connectivity index is 1.38. The summed E-state index contributed by atoms with van der Waals surface area (Å²) in [6.45, 7) is 1.91. The molecule has 0 amide bonds.